The van der Waals surface area contributed by atoms with Gasteiger partial charge >= 0.3 is 6.03 Å². The zero-order valence-electron chi connectivity index (χ0n) is 14.1. The van der Waals surface area contributed by atoms with E-state index in [0.29, 0.717) is 19.6 Å². The number of likely N-dealkylation sites (tertiary alicyclic amines) is 1. The molecule has 3 rings (SSSR count). The number of nitrogens with zero attached hydrogens (tertiary/aromatic N) is 2. The highest BCUT2D eigenvalue weighted by Crippen LogP contribution is 2.30. The van der Waals surface area contributed by atoms with Crippen molar-refractivity contribution in [2.75, 3.05) is 45.7 Å². The average molecular weight is 333 g/mol. The fourth-order valence-corrected chi connectivity index (χ4v) is 3.19. The molecule has 2 heterocycles. The van der Waals surface area contributed by atoms with Crippen molar-refractivity contribution in [2.24, 2.45) is 0 Å². The fourth-order valence-electron chi connectivity index (χ4n) is 3.19. The molecule has 1 spiro atoms. The summed E-state index contributed by atoms with van der Waals surface area (Å²) in [7, 11) is 3.41. The number of carbonyl (C=O) groups excluding carboxylic acids is 2. The summed E-state index contributed by atoms with van der Waals surface area (Å²) < 4.78 is 10.9. The number of anilines is 1. The Bertz CT molecular complexity index is 609. The molecule has 3 amide bonds. The number of carbonyl (C=O) groups is 2. The number of urea groups is 1. The molecule has 2 aliphatic heterocycles. The lowest BCUT2D eigenvalue weighted by Gasteiger charge is -2.46. The van der Waals surface area contributed by atoms with Crippen LogP contribution in [0.1, 0.15) is 12.8 Å². The number of hydrogen-bond acceptors (Lipinski definition) is 4. The van der Waals surface area contributed by atoms with Gasteiger partial charge < -0.3 is 24.6 Å². The van der Waals surface area contributed by atoms with E-state index in [1.807, 2.05) is 24.3 Å². The highest BCUT2D eigenvalue weighted by Gasteiger charge is 2.41. The van der Waals surface area contributed by atoms with Crippen LogP contribution in [0.4, 0.5) is 10.5 Å². The van der Waals surface area contributed by atoms with Crippen molar-refractivity contribution in [3.8, 4) is 5.75 Å². The van der Waals surface area contributed by atoms with Crippen molar-refractivity contribution in [1.82, 2.24) is 9.80 Å². The summed E-state index contributed by atoms with van der Waals surface area (Å²) in [5, 5.41) is 2.90. The van der Waals surface area contributed by atoms with Crippen molar-refractivity contribution in [2.45, 2.75) is 18.4 Å². The maximum absolute atomic E-state index is 12.4. The number of amides is 3. The smallest absolute Gasteiger partial charge is 0.321 e. The van der Waals surface area contributed by atoms with Crippen molar-refractivity contribution in [3.05, 3.63) is 24.3 Å². The topological polar surface area (TPSA) is 71.1 Å². The van der Waals surface area contributed by atoms with Crippen molar-refractivity contribution in [1.29, 1.82) is 0 Å². The first-order valence-corrected chi connectivity index (χ1v) is 8.09. The molecule has 0 atom stereocenters. The first-order chi connectivity index (χ1) is 11.5. The van der Waals surface area contributed by atoms with Gasteiger partial charge in [-0.3, -0.25) is 4.79 Å². The van der Waals surface area contributed by atoms with Gasteiger partial charge in [-0.05, 0) is 37.1 Å². The Morgan fingerprint density at radius 1 is 1.25 bits per heavy atom. The zero-order valence-corrected chi connectivity index (χ0v) is 14.1. The summed E-state index contributed by atoms with van der Waals surface area (Å²) >= 11 is 0. The SMILES string of the molecule is COc1ccc(NC(=O)N2CCC3(CC2)CN(C)C(=O)CO3)cc1. The predicted octanol–water partition coefficient (Wildman–Crippen LogP) is 1.55. The molecule has 0 aliphatic carbocycles. The van der Waals surface area contributed by atoms with Gasteiger partial charge in [0.15, 0.2) is 0 Å². The minimum Gasteiger partial charge on any atom is -0.497 e. The molecule has 0 bridgehead atoms. The minimum atomic E-state index is -0.306. The lowest BCUT2D eigenvalue weighted by molar-refractivity contribution is -0.167. The Morgan fingerprint density at radius 2 is 1.92 bits per heavy atom. The van der Waals surface area contributed by atoms with Crippen LogP contribution in [0.3, 0.4) is 0 Å². The molecular formula is C17H23N3O4. The Labute approximate surface area is 141 Å². The maximum Gasteiger partial charge on any atom is 0.321 e. The number of benzene rings is 1. The minimum absolute atomic E-state index is 0.0142. The van der Waals surface area contributed by atoms with Crippen LogP contribution in [0, 0.1) is 0 Å². The normalized spacial score (nSPS) is 20.2. The van der Waals surface area contributed by atoms with E-state index in [-0.39, 0.29) is 24.1 Å². The predicted molar refractivity (Wildman–Crippen MR) is 89.1 cm³/mol. The molecular weight excluding hydrogens is 310 g/mol. The molecule has 1 N–H and O–H groups in total. The molecule has 2 aliphatic rings. The van der Waals surface area contributed by atoms with Crippen LogP contribution < -0.4 is 10.1 Å². The van der Waals surface area contributed by atoms with Gasteiger partial charge in [0, 0.05) is 32.4 Å². The molecule has 7 heteroatoms. The third-order valence-corrected chi connectivity index (χ3v) is 4.76. The van der Waals surface area contributed by atoms with Crippen LogP contribution >= 0.6 is 0 Å². The van der Waals surface area contributed by atoms with Crippen molar-refractivity contribution in [3.63, 3.8) is 0 Å². The first kappa shape index (κ1) is 16.6. The second-order valence-corrected chi connectivity index (χ2v) is 6.37. The zero-order chi connectivity index (χ0) is 17.2. The molecule has 0 radical (unpaired) electrons. The Balaban J connectivity index is 1.54. The van der Waals surface area contributed by atoms with Crippen molar-refractivity contribution < 1.29 is 19.1 Å². The molecule has 130 valence electrons. The fraction of sp³-hybridized carbons (Fsp3) is 0.529. The Hall–Kier alpha value is -2.28. The average Bonchev–Trinajstić information content (AvgIpc) is 2.60. The van der Waals surface area contributed by atoms with E-state index in [9.17, 15) is 9.59 Å². The van der Waals surface area contributed by atoms with Gasteiger partial charge in [0.1, 0.15) is 12.4 Å². The second-order valence-electron chi connectivity index (χ2n) is 6.37. The molecule has 1 aromatic rings. The van der Waals surface area contributed by atoms with Crippen LogP contribution in [0.2, 0.25) is 0 Å². The molecule has 1 aromatic carbocycles. The quantitative estimate of drug-likeness (QED) is 0.891. The van der Waals surface area contributed by atoms with Crippen molar-refractivity contribution >= 4 is 17.6 Å². The number of morpholine rings is 1. The molecule has 2 fully saturated rings. The van der Waals surface area contributed by atoms with Gasteiger partial charge in [-0.1, -0.05) is 0 Å². The van der Waals surface area contributed by atoms with Gasteiger partial charge in [-0.15, -0.1) is 0 Å². The first-order valence-electron chi connectivity index (χ1n) is 8.09. The molecule has 0 aromatic heterocycles. The van der Waals surface area contributed by atoms with Crippen LogP contribution in [0.25, 0.3) is 0 Å². The third kappa shape index (κ3) is 3.46. The summed E-state index contributed by atoms with van der Waals surface area (Å²) in [5.74, 6) is 0.765. The van der Waals surface area contributed by atoms with Crippen LogP contribution in [0.5, 0.6) is 5.75 Å². The van der Waals surface area contributed by atoms with Gasteiger partial charge in [0.05, 0.1) is 12.7 Å². The Kier molecular flexibility index (Phi) is 4.62. The number of piperidine rings is 1. The van der Waals surface area contributed by atoms with Gasteiger partial charge in [0.25, 0.3) is 0 Å². The van der Waals surface area contributed by atoms with Crippen LogP contribution in [0.15, 0.2) is 24.3 Å². The van der Waals surface area contributed by atoms with Crippen LogP contribution in [-0.2, 0) is 9.53 Å². The number of rotatable bonds is 2. The lowest BCUT2D eigenvalue weighted by atomic mass is 9.89. The van der Waals surface area contributed by atoms with Gasteiger partial charge in [-0.2, -0.15) is 0 Å². The number of hydrogen-bond donors (Lipinski definition) is 1. The lowest BCUT2D eigenvalue weighted by Crippen LogP contribution is -2.58. The third-order valence-electron chi connectivity index (χ3n) is 4.76. The number of methoxy groups -OCH3 is 1. The molecule has 7 nitrogen and oxygen atoms in total. The van der Waals surface area contributed by atoms with Crippen LogP contribution in [-0.4, -0.2) is 67.7 Å². The number of likely N-dealkylation sites (N-methyl/N-ethyl adjacent to an activating group) is 1. The number of nitrogens with one attached hydrogen (secondary N) is 1. The van der Waals surface area contributed by atoms with E-state index in [4.69, 9.17) is 9.47 Å². The molecule has 0 unspecified atom stereocenters. The van der Waals surface area contributed by atoms with Gasteiger partial charge in [-0.25, -0.2) is 4.79 Å². The summed E-state index contributed by atoms with van der Waals surface area (Å²) in [6.45, 7) is 1.96. The largest absolute Gasteiger partial charge is 0.497 e. The van der Waals surface area contributed by atoms with E-state index in [0.717, 1.165) is 24.3 Å². The monoisotopic (exact) mass is 333 g/mol. The Morgan fingerprint density at radius 3 is 2.50 bits per heavy atom. The highest BCUT2D eigenvalue weighted by atomic mass is 16.5. The van der Waals surface area contributed by atoms with E-state index >= 15 is 0 Å². The molecule has 2 saturated heterocycles. The molecule has 24 heavy (non-hydrogen) atoms. The number of ether oxygens (including phenoxy) is 2. The summed E-state index contributed by atoms with van der Waals surface area (Å²) in [6.07, 6.45) is 1.47. The van der Waals surface area contributed by atoms with E-state index in [2.05, 4.69) is 5.32 Å². The van der Waals surface area contributed by atoms with Gasteiger partial charge in [0.2, 0.25) is 5.91 Å². The summed E-state index contributed by atoms with van der Waals surface area (Å²) in [5.41, 5.74) is 0.430. The summed E-state index contributed by atoms with van der Waals surface area (Å²) in [6, 6.07) is 7.13. The highest BCUT2D eigenvalue weighted by molar-refractivity contribution is 5.89. The maximum atomic E-state index is 12.4. The van der Waals surface area contributed by atoms with E-state index in [1.165, 1.54) is 0 Å². The standard InChI is InChI=1S/C17H23N3O4/c1-19-12-17(24-11-15(19)21)7-9-20(10-8-17)16(22)18-13-3-5-14(23-2)6-4-13/h3-6H,7-12H2,1-2H3,(H,18,22). The van der Waals surface area contributed by atoms with E-state index < -0.39 is 0 Å². The van der Waals surface area contributed by atoms with E-state index in [1.54, 1.807) is 24.0 Å². The summed E-state index contributed by atoms with van der Waals surface area (Å²) in [4.78, 5) is 27.5. The second kappa shape index (κ2) is 6.68. The molecule has 0 saturated carbocycles.